The maximum absolute atomic E-state index is 13.4. The lowest BCUT2D eigenvalue weighted by Crippen LogP contribution is -2.44. The van der Waals surface area contributed by atoms with Crippen LogP contribution in [0.1, 0.15) is 64.8 Å². The number of benzene rings is 2. The second-order valence-corrected chi connectivity index (χ2v) is 8.75. The smallest absolute Gasteiger partial charge is 0.256 e. The summed E-state index contributed by atoms with van der Waals surface area (Å²) < 4.78 is 0. The van der Waals surface area contributed by atoms with E-state index in [1.165, 1.54) is 12.8 Å². The molecule has 0 radical (unpaired) electrons. The Morgan fingerprint density at radius 2 is 1.77 bits per heavy atom. The van der Waals surface area contributed by atoms with Crippen molar-refractivity contribution in [1.29, 1.82) is 0 Å². The first-order valence-electron chi connectivity index (χ1n) is 11.2. The van der Waals surface area contributed by atoms with Crippen molar-refractivity contribution in [3.63, 3.8) is 0 Å². The lowest BCUT2D eigenvalue weighted by Gasteiger charge is -2.26. The summed E-state index contributed by atoms with van der Waals surface area (Å²) in [5, 5.41) is 3.13. The van der Waals surface area contributed by atoms with Crippen LogP contribution in [-0.4, -0.2) is 41.2 Å². The number of nitrogens with zero attached hydrogens (tertiary/aromatic N) is 2. The van der Waals surface area contributed by atoms with E-state index in [0.29, 0.717) is 36.3 Å². The van der Waals surface area contributed by atoms with Crippen molar-refractivity contribution in [3.8, 4) is 0 Å². The molecule has 0 spiro atoms. The van der Waals surface area contributed by atoms with Crippen molar-refractivity contribution in [1.82, 2.24) is 10.2 Å². The largest absolute Gasteiger partial charge is 0.349 e. The molecule has 0 aromatic heterocycles. The Kier molecular flexibility index (Phi) is 5.22. The quantitative estimate of drug-likeness (QED) is 0.828. The zero-order chi connectivity index (χ0) is 21.4. The second kappa shape index (κ2) is 8.17. The molecule has 0 bridgehead atoms. The highest BCUT2D eigenvalue weighted by Gasteiger charge is 2.41. The molecule has 1 atom stereocenters. The summed E-state index contributed by atoms with van der Waals surface area (Å²) in [4.78, 5) is 42.7. The highest BCUT2D eigenvalue weighted by atomic mass is 16.2. The number of carbonyl (C=O) groups is 3. The van der Waals surface area contributed by atoms with Crippen molar-refractivity contribution < 1.29 is 14.4 Å². The molecule has 0 unspecified atom stereocenters. The highest BCUT2D eigenvalue weighted by Crippen LogP contribution is 2.33. The van der Waals surface area contributed by atoms with Gasteiger partial charge in [-0.25, -0.2) is 0 Å². The van der Waals surface area contributed by atoms with Gasteiger partial charge in [-0.1, -0.05) is 37.1 Å². The van der Waals surface area contributed by atoms with Gasteiger partial charge in [-0.05, 0) is 55.5 Å². The molecule has 3 aliphatic rings. The van der Waals surface area contributed by atoms with Gasteiger partial charge in [0, 0.05) is 18.2 Å². The molecule has 3 amide bonds. The summed E-state index contributed by atoms with van der Waals surface area (Å²) >= 11 is 0. The molecule has 1 aliphatic carbocycles. The van der Waals surface area contributed by atoms with Crippen molar-refractivity contribution >= 4 is 23.4 Å². The fraction of sp³-hybridized carbons (Fsp3) is 0.400. The van der Waals surface area contributed by atoms with Gasteiger partial charge in [-0.2, -0.15) is 0 Å². The summed E-state index contributed by atoms with van der Waals surface area (Å²) in [6.07, 6.45) is 5.94. The van der Waals surface area contributed by atoms with Crippen LogP contribution in [0.25, 0.3) is 0 Å². The van der Waals surface area contributed by atoms with Gasteiger partial charge >= 0.3 is 0 Å². The number of hydrogen-bond acceptors (Lipinski definition) is 3. The number of hydrogen-bond donors (Lipinski definition) is 1. The molecule has 2 fully saturated rings. The molecule has 5 rings (SSSR count). The standard InChI is InChI=1S/C25H27N3O3/c29-23(26-19-9-1-2-10-19)18-8-5-7-17(15-18)16-28-21-12-4-3-11-20(21)24(30)27-14-6-13-22(27)25(28)31/h3-5,7-8,11-12,15,19,22H,1-2,6,9-10,13-14,16H2,(H,26,29)/t22-/m0/s1. The SMILES string of the molecule is O=C(NC1CCCC1)c1cccc(CN2C(=O)[C@@H]3CCCN3C(=O)c3ccccc32)c1. The van der Waals surface area contributed by atoms with E-state index in [-0.39, 0.29) is 23.8 Å². The van der Waals surface area contributed by atoms with E-state index in [1.54, 1.807) is 15.9 Å². The normalized spacial score (nSPS) is 21.1. The third-order valence-electron chi connectivity index (χ3n) is 6.71. The lowest BCUT2D eigenvalue weighted by molar-refractivity contribution is -0.122. The van der Waals surface area contributed by atoms with E-state index in [0.717, 1.165) is 24.8 Å². The fourth-order valence-corrected chi connectivity index (χ4v) is 5.11. The zero-order valence-electron chi connectivity index (χ0n) is 17.5. The molecule has 2 heterocycles. The average Bonchev–Trinajstić information content (AvgIpc) is 3.47. The van der Waals surface area contributed by atoms with Gasteiger partial charge in [0.05, 0.1) is 17.8 Å². The molecule has 1 saturated heterocycles. The van der Waals surface area contributed by atoms with Crippen LogP contribution in [0.15, 0.2) is 48.5 Å². The Morgan fingerprint density at radius 3 is 2.61 bits per heavy atom. The van der Waals surface area contributed by atoms with Crippen LogP contribution >= 0.6 is 0 Å². The van der Waals surface area contributed by atoms with Gasteiger partial charge in [0.15, 0.2) is 0 Å². The van der Waals surface area contributed by atoms with E-state index >= 15 is 0 Å². The van der Waals surface area contributed by atoms with Crippen molar-refractivity contribution in [2.24, 2.45) is 0 Å². The fourth-order valence-electron chi connectivity index (χ4n) is 5.11. The Balaban J connectivity index is 1.43. The summed E-state index contributed by atoms with van der Waals surface area (Å²) in [5.74, 6) is -0.177. The van der Waals surface area contributed by atoms with Gasteiger partial charge in [0.2, 0.25) is 5.91 Å². The minimum atomic E-state index is -0.409. The van der Waals surface area contributed by atoms with Gasteiger partial charge < -0.3 is 15.1 Å². The van der Waals surface area contributed by atoms with E-state index in [9.17, 15) is 14.4 Å². The molecule has 1 saturated carbocycles. The third kappa shape index (κ3) is 3.71. The molecule has 31 heavy (non-hydrogen) atoms. The number of anilines is 1. The number of fused-ring (bicyclic) bond motifs is 2. The zero-order valence-corrected chi connectivity index (χ0v) is 17.5. The van der Waals surface area contributed by atoms with Gasteiger partial charge in [0.1, 0.15) is 6.04 Å². The first-order chi connectivity index (χ1) is 15.1. The monoisotopic (exact) mass is 417 g/mol. The Labute approximate surface area is 182 Å². The van der Waals surface area contributed by atoms with Crippen LogP contribution in [0.2, 0.25) is 0 Å². The third-order valence-corrected chi connectivity index (χ3v) is 6.71. The summed E-state index contributed by atoms with van der Waals surface area (Å²) in [5.41, 5.74) is 2.70. The number of rotatable bonds is 4. The minimum absolute atomic E-state index is 0.0448. The lowest BCUT2D eigenvalue weighted by atomic mass is 10.1. The summed E-state index contributed by atoms with van der Waals surface area (Å²) in [6, 6.07) is 14.6. The van der Waals surface area contributed by atoms with Crippen molar-refractivity contribution in [2.45, 2.75) is 57.2 Å². The Morgan fingerprint density at radius 1 is 0.968 bits per heavy atom. The summed E-state index contributed by atoms with van der Waals surface area (Å²) in [6.45, 7) is 0.951. The van der Waals surface area contributed by atoms with E-state index in [4.69, 9.17) is 0 Å². The average molecular weight is 418 g/mol. The summed E-state index contributed by atoms with van der Waals surface area (Å²) in [7, 11) is 0. The maximum Gasteiger partial charge on any atom is 0.256 e. The van der Waals surface area contributed by atoms with Crippen LogP contribution in [-0.2, 0) is 11.3 Å². The molecular weight excluding hydrogens is 390 g/mol. The predicted molar refractivity (Wildman–Crippen MR) is 118 cm³/mol. The van der Waals surface area contributed by atoms with E-state index in [1.807, 2.05) is 42.5 Å². The molecular formula is C25H27N3O3. The van der Waals surface area contributed by atoms with Crippen LogP contribution in [0.4, 0.5) is 5.69 Å². The van der Waals surface area contributed by atoms with Crippen molar-refractivity contribution in [2.75, 3.05) is 11.4 Å². The second-order valence-electron chi connectivity index (χ2n) is 8.75. The number of carbonyl (C=O) groups excluding carboxylic acids is 3. The molecule has 1 N–H and O–H groups in total. The van der Waals surface area contributed by atoms with Crippen LogP contribution in [0.3, 0.4) is 0 Å². The van der Waals surface area contributed by atoms with E-state index < -0.39 is 6.04 Å². The van der Waals surface area contributed by atoms with Gasteiger partial charge in [-0.15, -0.1) is 0 Å². The first kappa shape index (κ1) is 19.8. The van der Waals surface area contributed by atoms with Crippen LogP contribution in [0.5, 0.6) is 0 Å². The first-order valence-corrected chi connectivity index (χ1v) is 11.2. The van der Waals surface area contributed by atoms with Gasteiger partial charge in [0.25, 0.3) is 11.8 Å². The van der Waals surface area contributed by atoms with Crippen LogP contribution < -0.4 is 10.2 Å². The number of amides is 3. The highest BCUT2D eigenvalue weighted by molar-refractivity contribution is 6.11. The topological polar surface area (TPSA) is 69.7 Å². The molecule has 6 heteroatoms. The maximum atomic E-state index is 13.4. The molecule has 2 aromatic rings. The predicted octanol–water partition coefficient (Wildman–Crippen LogP) is 3.51. The molecule has 6 nitrogen and oxygen atoms in total. The van der Waals surface area contributed by atoms with E-state index in [2.05, 4.69) is 5.32 Å². The van der Waals surface area contributed by atoms with Crippen molar-refractivity contribution in [3.05, 3.63) is 65.2 Å². The van der Waals surface area contributed by atoms with Crippen LogP contribution in [0, 0.1) is 0 Å². The Bertz CT molecular complexity index is 1030. The minimum Gasteiger partial charge on any atom is -0.349 e. The number of para-hydroxylation sites is 1. The van der Waals surface area contributed by atoms with Gasteiger partial charge in [-0.3, -0.25) is 14.4 Å². The molecule has 2 aromatic carbocycles. The molecule has 2 aliphatic heterocycles. The number of nitrogens with one attached hydrogen (secondary N) is 1. The Hall–Kier alpha value is -3.15. The molecule has 160 valence electrons.